The van der Waals surface area contributed by atoms with Gasteiger partial charge in [0, 0.05) is 6.04 Å². The van der Waals surface area contributed by atoms with E-state index in [1.54, 1.807) is 19.9 Å². The first-order chi connectivity index (χ1) is 7.43. The molecule has 0 fully saturated rings. The van der Waals surface area contributed by atoms with Crippen molar-refractivity contribution in [3.63, 3.8) is 0 Å². The van der Waals surface area contributed by atoms with Gasteiger partial charge in [0.15, 0.2) is 0 Å². The molecule has 0 bridgehead atoms. The fourth-order valence-corrected chi connectivity index (χ4v) is 1.53. The third-order valence-electron chi connectivity index (χ3n) is 2.42. The molecule has 0 saturated heterocycles. The SMILES string of the molecule is CC(NC(C)c1c(O)cccc1O)C(N)=O. The quantitative estimate of drug-likeness (QED) is 0.603. The molecule has 5 heteroatoms. The Labute approximate surface area is 93.9 Å². The Bertz CT molecular complexity index is 373. The van der Waals surface area contributed by atoms with Crippen molar-refractivity contribution in [2.24, 2.45) is 5.73 Å². The summed E-state index contributed by atoms with van der Waals surface area (Å²) in [6, 6.07) is 3.58. The van der Waals surface area contributed by atoms with Crippen molar-refractivity contribution in [1.82, 2.24) is 5.32 Å². The van der Waals surface area contributed by atoms with E-state index >= 15 is 0 Å². The molecule has 1 aromatic rings. The van der Waals surface area contributed by atoms with E-state index in [0.717, 1.165) is 0 Å². The van der Waals surface area contributed by atoms with Gasteiger partial charge >= 0.3 is 0 Å². The highest BCUT2D eigenvalue weighted by Crippen LogP contribution is 2.32. The molecule has 0 heterocycles. The number of phenolic OH excluding ortho intramolecular Hbond substituents is 2. The number of hydrogen-bond acceptors (Lipinski definition) is 4. The van der Waals surface area contributed by atoms with Crippen molar-refractivity contribution in [2.75, 3.05) is 0 Å². The number of rotatable bonds is 4. The zero-order valence-electron chi connectivity index (χ0n) is 9.27. The summed E-state index contributed by atoms with van der Waals surface area (Å²) in [4.78, 5) is 10.9. The lowest BCUT2D eigenvalue weighted by atomic mass is 10.0. The van der Waals surface area contributed by atoms with Crippen LogP contribution in [0.3, 0.4) is 0 Å². The predicted octanol–water partition coefficient (Wildman–Crippen LogP) is 0.622. The fraction of sp³-hybridized carbons (Fsp3) is 0.364. The zero-order valence-corrected chi connectivity index (χ0v) is 9.27. The number of primary amides is 1. The topological polar surface area (TPSA) is 95.6 Å². The number of aromatic hydroxyl groups is 2. The third kappa shape index (κ3) is 2.64. The molecule has 1 amide bonds. The van der Waals surface area contributed by atoms with E-state index in [0.29, 0.717) is 5.56 Å². The summed E-state index contributed by atoms with van der Waals surface area (Å²) < 4.78 is 0. The van der Waals surface area contributed by atoms with Gasteiger partial charge in [-0.05, 0) is 26.0 Å². The van der Waals surface area contributed by atoms with Crippen LogP contribution in [0.25, 0.3) is 0 Å². The largest absolute Gasteiger partial charge is 0.507 e. The van der Waals surface area contributed by atoms with Crippen LogP contribution in [-0.4, -0.2) is 22.2 Å². The Kier molecular flexibility index (Phi) is 3.73. The average molecular weight is 224 g/mol. The highest BCUT2D eigenvalue weighted by atomic mass is 16.3. The minimum absolute atomic E-state index is 0.0170. The summed E-state index contributed by atoms with van der Waals surface area (Å²) in [7, 11) is 0. The number of benzene rings is 1. The highest BCUT2D eigenvalue weighted by Gasteiger charge is 2.18. The molecule has 0 aromatic heterocycles. The van der Waals surface area contributed by atoms with Crippen molar-refractivity contribution >= 4 is 5.91 Å². The van der Waals surface area contributed by atoms with E-state index in [1.807, 2.05) is 0 Å². The molecule has 1 rings (SSSR count). The zero-order chi connectivity index (χ0) is 12.3. The molecule has 88 valence electrons. The third-order valence-corrected chi connectivity index (χ3v) is 2.42. The molecule has 0 aliphatic carbocycles. The maximum Gasteiger partial charge on any atom is 0.234 e. The molecule has 0 spiro atoms. The minimum atomic E-state index is -0.533. The second kappa shape index (κ2) is 4.85. The highest BCUT2D eigenvalue weighted by molar-refractivity contribution is 5.79. The van der Waals surface area contributed by atoms with Gasteiger partial charge in [0.25, 0.3) is 0 Å². The van der Waals surface area contributed by atoms with Crippen molar-refractivity contribution in [3.8, 4) is 11.5 Å². The van der Waals surface area contributed by atoms with E-state index in [9.17, 15) is 15.0 Å². The lowest BCUT2D eigenvalue weighted by molar-refractivity contribution is -0.119. The van der Waals surface area contributed by atoms with Crippen LogP contribution in [0.1, 0.15) is 25.5 Å². The summed E-state index contributed by atoms with van der Waals surface area (Å²) in [6.07, 6.45) is 0. The Morgan fingerprint density at radius 1 is 1.31 bits per heavy atom. The molecule has 16 heavy (non-hydrogen) atoms. The van der Waals surface area contributed by atoms with E-state index < -0.39 is 11.9 Å². The van der Waals surface area contributed by atoms with Crippen molar-refractivity contribution in [2.45, 2.75) is 25.9 Å². The van der Waals surface area contributed by atoms with Gasteiger partial charge in [0.1, 0.15) is 11.5 Å². The number of nitrogens with one attached hydrogen (secondary N) is 1. The van der Waals surface area contributed by atoms with E-state index in [4.69, 9.17) is 5.73 Å². The molecule has 0 aliphatic rings. The van der Waals surface area contributed by atoms with Gasteiger partial charge in [0.05, 0.1) is 11.6 Å². The molecule has 1 aromatic carbocycles. The van der Waals surface area contributed by atoms with Crippen LogP contribution in [-0.2, 0) is 4.79 Å². The first-order valence-corrected chi connectivity index (χ1v) is 4.99. The number of carbonyl (C=O) groups is 1. The molecule has 0 saturated carbocycles. The van der Waals surface area contributed by atoms with Gasteiger partial charge in [-0.15, -0.1) is 0 Å². The minimum Gasteiger partial charge on any atom is -0.507 e. The number of amides is 1. The Hall–Kier alpha value is -1.75. The van der Waals surface area contributed by atoms with Gasteiger partial charge < -0.3 is 15.9 Å². The lowest BCUT2D eigenvalue weighted by Crippen LogP contribution is -2.40. The van der Waals surface area contributed by atoms with Crippen LogP contribution in [0.5, 0.6) is 11.5 Å². The summed E-state index contributed by atoms with van der Waals surface area (Å²) >= 11 is 0. The number of carbonyl (C=O) groups excluding carboxylic acids is 1. The molecule has 5 nitrogen and oxygen atoms in total. The van der Waals surface area contributed by atoms with Crippen LogP contribution >= 0.6 is 0 Å². The van der Waals surface area contributed by atoms with Crippen molar-refractivity contribution in [1.29, 1.82) is 0 Å². The summed E-state index contributed by atoms with van der Waals surface area (Å²) in [6.45, 7) is 3.35. The van der Waals surface area contributed by atoms with Gasteiger partial charge in [-0.25, -0.2) is 0 Å². The first kappa shape index (κ1) is 12.3. The second-order valence-electron chi connectivity index (χ2n) is 3.72. The molecular weight excluding hydrogens is 208 g/mol. The first-order valence-electron chi connectivity index (χ1n) is 4.99. The monoisotopic (exact) mass is 224 g/mol. The Balaban J connectivity index is 2.88. The lowest BCUT2D eigenvalue weighted by Gasteiger charge is -2.19. The standard InChI is InChI=1S/C11H16N2O3/c1-6(13-7(2)11(12)16)10-8(14)4-3-5-9(10)15/h3-7,13-15H,1-2H3,(H2,12,16). The van der Waals surface area contributed by atoms with Gasteiger partial charge in [-0.1, -0.05) is 6.07 Å². The molecule has 5 N–H and O–H groups in total. The summed E-state index contributed by atoms with van der Waals surface area (Å²) in [5, 5.41) is 22.1. The molecule has 2 unspecified atom stereocenters. The summed E-state index contributed by atoms with van der Waals surface area (Å²) in [5.74, 6) is -0.518. The van der Waals surface area contributed by atoms with Crippen LogP contribution in [0.4, 0.5) is 0 Å². The van der Waals surface area contributed by atoms with Crippen LogP contribution in [0.2, 0.25) is 0 Å². The van der Waals surface area contributed by atoms with Crippen LogP contribution < -0.4 is 11.1 Å². The van der Waals surface area contributed by atoms with Gasteiger partial charge in [-0.3, -0.25) is 10.1 Å². The maximum atomic E-state index is 10.9. The van der Waals surface area contributed by atoms with E-state index in [2.05, 4.69) is 5.32 Å². The number of hydrogen-bond donors (Lipinski definition) is 4. The predicted molar refractivity (Wildman–Crippen MR) is 60.0 cm³/mol. The van der Waals surface area contributed by atoms with Gasteiger partial charge in [0.2, 0.25) is 5.91 Å². The fourth-order valence-electron chi connectivity index (χ4n) is 1.53. The average Bonchev–Trinajstić information content (AvgIpc) is 2.16. The number of phenols is 2. The Morgan fingerprint density at radius 2 is 1.81 bits per heavy atom. The van der Waals surface area contributed by atoms with Crippen LogP contribution in [0.15, 0.2) is 18.2 Å². The van der Waals surface area contributed by atoms with Gasteiger partial charge in [-0.2, -0.15) is 0 Å². The molecule has 0 radical (unpaired) electrons. The molecule has 2 atom stereocenters. The van der Waals surface area contributed by atoms with E-state index in [-0.39, 0.29) is 17.5 Å². The Morgan fingerprint density at radius 3 is 2.25 bits per heavy atom. The second-order valence-corrected chi connectivity index (χ2v) is 3.72. The molecule has 0 aliphatic heterocycles. The van der Waals surface area contributed by atoms with Crippen molar-refractivity contribution in [3.05, 3.63) is 23.8 Å². The number of nitrogens with two attached hydrogens (primary N) is 1. The van der Waals surface area contributed by atoms with E-state index in [1.165, 1.54) is 12.1 Å². The van der Waals surface area contributed by atoms with Crippen LogP contribution in [0, 0.1) is 0 Å². The maximum absolute atomic E-state index is 10.9. The normalized spacial score (nSPS) is 14.4. The van der Waals surface area contributed by atoms with Crippen molar-refractivity contribution < 1.29 is 15.0 Å². The molecular formula is C11H16N2O3. The summed E-state index contributed by atoms with van der Waals surface area (Å²) in [5.41, 5.74) is 5.47. The smallest absolute Gasteiger partial charge is 0.234 e.